The third-order valence-corrected chi connectivity index (χ3v) is 9.64. The molecule has 0 saturated heterocycles. The van der Waals surface area contributed by atoms with Gasteiger partial charge in [0.15, 0.2) is 6.17 Å². The van der Waals surface area contributed by atoms with Crippen LogP contribution in [0, 0.1) is 0 Å². The van der Waals surface area contributed by atoms with Crippen LogP contribution in [0.4, 0.5) is 0 Å². The Hall–Kier alpha value is -5.01. The zero-order valence-corrected chi connectivity index (χ0v) is 28.5. The number of nitrogens with one attached hydrogen (secondary N) is 1. The molecule has 7 aromatic rings. The van der Waals surface area contributed by atoms with E-state index in [1.54, 1.807) is 0 Å². The van der Waals surface area contributed by atoms with Crippen LogP contribution in [0.25, 0.3) is 38.6 Å². The van der Waals surface area contributed by atoms with Crippen LogP contribution in [0.1, 0.15) is 47.8 Å². The average Bonchev–Trinajstić information content (AvgIpc) is 3.56. The molecule has 0 radical (unpaired) electrons. The van der Waals surface area contributed by atoms with Gasteiger partial charge in [-0.3, -0.25) is 0 Å². The Kier molecular flexibility index (Phi) is 7.10. The monoisotopic (exact) mass is 720 g/mol. The third kappa shape index (κ3) is 4.71. The first-order valence-electron chi connectivity index (χ1n) is 15.9. The molecule has 228 valence electrons. The number of amidine groups is 2. The summed E-state index contributed by atoms with van der Waals surface area (Å²) in [7, 11) is 0. The van der Waals surface area contributed by atoms with Crippen LogP contribution in [0.3, 0.4) is 0 Å². The fraction of sp³-hybridized carbons (Fsp3) is 0.0952. The molecule has 1 aliphatic carbocycles. The zero-order valence-electron chi connectivity index (χ0n) is 26.2. The second-order valence-electron chi connectivity index (χ2n) is 12.7. The predicted molar refractivity (Wildman–Crippen MR) is 206 cm³/mol. The van der Waals surface area contributed by atoms with E-state index in [1.165, 1.54) is 44.1 Å². The molecule has 0 amide bonds. The topological polar surface area (TPSA) is 41.7 Å². The molecule has 0 saturated carbocycles. The van der Waals surface area contributed by atoms with Crippen molar-refractivity contribution in [2.75, 3.05) is 0 Å². The molecule has 5 heteroatoms. The maximum absolute atomic E-state index is 5.14. The van der Waals surface area contributed by atoms with Crippen molar-refractivity contribution in [1.82, 2.24) is 9.88 Å². The molecule has 1 aromatic heterocycles. The highest BCUT2D eigenvalue weighted by molar-refractivity contribution is 14.0. The summed E-state index contributed by atoms with van der Waals surface area (Å²) in [4.78, 5) is 10.2. The van der Waals surface area contributed by atoms with Crippen molar-refractivity contribution in [2.24, 2.45) is 9.98 Å². The van der Waals surface area contributed by atoms with Gasteiger partial charge in [0.25, 0.3) is 0 Å². The zero-order chi connectivity index (χ0) is 30.8. The average molecular weight is 721 g/mol. The molecule has 6 aromatic carbocycles. The number of hydrogen-bond donors (Lipinski definition) is 1. The lowest BCUT2D eigenvalue weighted by atomic mass is 9.82. The SMILES string of the molecule is CC1(C)c2ccccc2-c2cc3c4ccccc4n(-c4cccc(C5=NC(c6ccccc6)N=C(c6ccccc6)N5)c4)c3cc21.I. The third-order valence-electron chi connectivity index (χ3n) is 9.64. The lowest BCUT2D eigenvalue weighted by Gasteiger charge is -2.23. The number of halogens is 1. The fourth-order valence-corrected chi connectivity index (χ4v) is 7.35. The molecular formula is C42H33IN4. The van der Waals surface area contributed by atoms with Crippen molar-refractivity contribution in [3.05, 3.63) is 173 Å². The molecule has 1 N–H and O–H groups in total. The van der Waals surface area contributed by atoms with E-state index in [-0.39, 0.29) is 35.6 Å². The molecule has 2 aliphatic rings. The highest BCUT2D eigenvalue weighted by Crippen LogP contribution is 2.50. The van der Waals surface area contributed by atoms with Gasteiger partial charge in [0.05, 0.1) is 11.0 Å². The van der Waals surface area contributed by atoms with E-state index < -0.39 is 0 Å². The van der Waals surface area contributed by atoms with Crippen molar-refractivity contribution in [3.63, 3.8) is 0 Å². The van der Waals surface area contributed by atoms with E-state index in [4.69, 9.17) is 9.98 Å². The van der Waals surface area contributed by atoms with Gasteiger partial charge in [0.1, 0.15) is 11.7 Å². The number of para-hydroxylation sites is 1. The van der Waals surface area contributed by atoms with Crippen molar-refractivity contribution in [3.8, 4) is 16.8 Å². The number of benzene rings is 6. The van der Waals surface area contributed by atoms with Gasteiger partial charge in [-0.25, -0.2) is 9.98 Å². The summed E-state index contributed by atoms with van der Waals surface area (Å²) in [5.74, 6) is 1.63. The molecule has 0 bridgehead atoms. The van der Waals surface area contributed by atoms with Crippen molar-refractivity contribution in [1.29, 1.82) is 0 Å². The number of hydrogen-bond acceptors (Lipinski definition) is 3. The first kappa shape index (κ1) is 29.4. The maximum atomic E-state index is 5.14. The largest absolute Gasteiger partial charge is 0.324 e. The van der Waals surface area contributed by atoms with Crippen LogP contribution < -0.4 is 5.32 Å². The number of aromatic nitrogens is 1. The molecule has 2 heterocycles. The first-order valence-corrected chi connectivity index (χ1v) is 15.9. The van der Waals surface area contributed by atoms with Crippen molar-refractivity contribution >= 4 is 57.5 Å². The molecule has 1 unspecified atom stereocenters. The highest BCUT2D eigenvalue weighted by atomic mass is 127. The Labute approximate surface area is 291 Å². The van der Waals surface area contributed by atoms with Gasteiger partial charge in [-0.15, -0.1) is 24.0 Å². The summed E-state index contributed by atoms with van der Waals surface area (Å²) in [5, 5.41) is 6.10. The minimum absolute atomic E-state index is 0. The summed E-state index contributed by atoms with van der Waals surface area (Å²) in [6.07, 6.45) is -0.337. The summed E-state index contributed by atoms with van der Waals surface area (Å²) in [6, 6.07) is 51.8. The number of nitrogens with zero attached hydrogens (tertiary/aromatic N) is 3. The summed E-state index contributed by atoms with van der Waals surface area (Å²) < 4.78 is 2.41. The summed E-state index contributed by atoms with van der Waals surface area (Å²) in [6.45, 7) is 4.69. The minimum atomic E-state index is -0.337. The van der Waals surface area contributed by atoms with Crippen LogP contribution in [-0.4, -0.2) is 16.2 Å². The molecule has 9 rings (SSSR count). The van der Waals surface area contributed by atoms with E-state index in [9.17, 15) is 0 Å². The van der Waals surface area contributed by atoms with Crippen molar-refractivity contribution < 1.29 is 0 Å². The smallest absolute Gasteiger partial charge is 0.169 e. The number of fused-ring (bicyclic) bond motifs is 6. The highest BCUT2D eigenvalue weighted by Gasteiger charge is 2.36. The Balaban J connectivity index is 0.00000324. The second kappa shape index (κ2) is 11.4. The second-order valence-corrected chi connectivity index (χ2v) is 12.7. The van der Waals surface area contributed by atoms with E-state index in [0.29, 0.717) is 0 Å². The Bertz CT molecular complexity index is 2370. The van der Waals surface area contributed by atoms with Gasteiger partial charge in [-0.2, -0.15) is 0 Å². The van der Waals surface area contributed by atoms with Gasteiger partial charge in [-0.1, -0.05) is 129 Å². The molecule has 1 aliphatic heterocycles. The van der Waals surface area contributed by atoms with E-state index in [0.717, 1.165) is 34.0 Å². The van der Waals surface area contributed by atoms with Gasteiger partial charge in [-0.05, 0) is 58.1 Å². The lowest BCUT2D eigenvalue weighted by molar-refractivity contribution is 0.661. The van der Waals surface area contributed by atoms with Crippen LogP contribution in [0.2, 0.25) is 0 Å². The van der Waals surface area contributed by atoms with Gasteiger partial charge < -0.3 is 9.88 Å². The standard InChI is InChI=1S/C42H32N4.HI/c1-42(2)35-22-11-9-20-31(35)33-25-34-32-21-10-12-23-37(32)46(38(34)26-36(33)42)30-19-13-18-29(24-30)41-44-39(27-14-5-3-6-15-27)43-40(45-41)28-16-7-4-8-17-28;/h3-26,39H,1-2H3,(H,43,44,45);1H. The van der Waals surface area contributed by atoms with Crippen LogP contribution >= 0.6 is 24.0 Å². The normalized spacial score (nSPS) is 16.1. The van der Waals surface area contributed by atoms with Crippen LogP contribution in [-0.2, 0) is 5.41 Å². The first-order chi connectivity index (χ1) is 22.6. The Morgan fingerprint density at radius 1 is 0.553 bits per heavy atom. The van der Waals surface area contributed by atoms with E-state index in [2.05, 4.69) is 133 Å². The molecule has 0 spiro atoms. The number of rotatable bonds is 4. The molecule has 1 atom stereocenters. The predicted octanol–water partition coefficient (Wildman–Crippen LogP) is 10.2. The quantitative estimate of drug-likeness (QED) is 0.181. The number of aliphatic imine (C=N–C) groups is 2. The van der Waals surface area contributed by atoms with Gasteiger partial charge in [0, 0.05) is 33.0 Å². The van der Waals surface area contributed by atoms with Gasteiger partial charge >= 0.3 is 0 Å². The summed E-state index contributed by atoms with van der Waals surface area (Å²) >= 11 is 0. The van der Waals surface area contributed by atoms with Crippen LogP contribution in [0.5, 0.6) is 0 Å². The van der Waals surface area contributed by atoms with Crippen molar-refractivity contribution in [2.45, 2.75) is 25.4 Å². The van der Waals surface area contributed by atoms with E-state index >= 15 is 0 Å². The van der Waals surface area contributed by atoms with E-state index in [1.807, 2.05) is 36.4 Å². The Morgan fingerprint density at radius 2 is 1.21 bits per heavy atom. The fourth-order valence-electron chi connectivity index (χ4n) is 7.35. The maximum Gasteiger partial charge on any atom is 0.169 e. The van der Waals surface area contributed by atoms with Gasteiger partial charge in [0.2, 0.25) is 0 Å². The van der Waals surface area contributed by atoms with Crippen LogP contribution in [0.15, 0.2) is 156 Å². The molecule has 4 nitrogen and oxygen atoms in total. The molecule has 0 fully saturated rings. The Morgan fingerprint density at radius 3 is 2.02 bits per heavy atom. The summed E-state index contributed by atoms with van der Waals surface area (Å²) in [5.41, 5.74) is 12.0. The molecule has 47 heavy (non-hydrogen) atoms. The lowest BCUT2D eigenvalue weighted by Crippen LogP contribution is -2.36. The molecular weight excluding hydrogens is 687 g/mol. The minimum Gasteiger partial charge on any atom is -0.324 e.